The second-order valence-electron chi connectivity index (χ2n) is 4.12. The highest BCUT2D eigenvalue weighted by atomic mass is 35.5. The number of fused-ring (bicyclic) bond motifs is 3. The van der Waals surface area contributed by atoms with E-state index in [2.05, 4.69) is 23.3 Å². The maximum atomic E-state index is 6.20. The Hall–Kier alpha value is -0.990. The molecule has 78 valence electrons. The van der Waals surface area contributed by atoms with Gasteiger partial charge in [0.15, 0.2) is 0 Å². The molecule has 2 aromatic rings. The lowest BCUT2D eigenvalue weighted by molar-refractivity contribution is 0.637. The van der Waals surface area contributed by atoms with Crippen LogP contribution < -0.4 is 5.32 Å². The molecule has 2 N–H and O–H groups in total. The second-order valence-corrected chi connectivity index (χ2v) is 4.53. The maximum absolute atomic E-state index is 6.20. The van der Waals surface area contributed by atoms with Crippen LogP contribution >= 0.6 is 11.6 Å². The van der Waals surface area contributed by atoms with E-state index in [1.807, 2.05) is 6.07 Å². The third-order valence-corrected chi connectivity index (χ3v) is 3.47. The van der Waals surface area contributed by atoms with Gasteiger partial charge in [0, 0.05) is 17.6 Å². The van der Waals surface area contributed by atoms with Gasteiger partial charge in [0.05, 0.1) is 10.5 Å². The first kappa shape index (κ1) is 9.25. The number of rotatable bonds is 0. The van der Waals surface area contributed by atoms with Gasteiger partial charge in [-0.2, -0.15) is 0 Å². The first-order valence-corrected chi connectivity index (χ1v) is 5.64. The average molecular weight is 221 g/mol. The summed E-state index contributed by atoms with van der Waals surface area (Å²) >= 11 is 6.20. The van der Waals surface area contributed by atoms with Gasteiger partial charge in [-0.1, -0.05) is 17.7 Å². The van der Waals surface area contributed by atoms with Gasteiger partial charge in [-0.3, -0.25) is 0 Å². The SMILES string of the molecule is Cc1ccc(Cl)c2[nH]c3c(c12)CCNC3. The van der Waals surface area contributed by atoms with Crippen molar-refractivity contribution < 1.29 is 0 Å². The van der Waals surface area contributed by atoms with Crippen LogP contribution in [-0.2, 0) is 13.0 Å². The minimum Gasteiger partial charge on any atom is -0.356 e. The van der Waals surface area contributed by atoms with Crippen molar-refractivity contribution in [3.05, 3.63) is 34.0 Å². The van der Waals surface area contributed by atoms with Crippen molar-refractivity contribution >= 4 is 22.5 Å². The van der Waals surface area contributed by atoms with Crippen LogP contribution in [0.3, 0.4) is 0 Å². The Morgan fingerprint density at radius 1 is 1.33 bits per heavy atom. The Morgan fingerprint density at radius 3 is 3.07 bits per heavy atom. The zero-order valence-corrected chi connectivity index (χ0v) is 9.41. The maximum Gasteiger partial charge on any atom is 0.0651 e. The highest BCUT2D eigenvalue weighted by Gasteiger charge is 2.17. The van der Waals surface area contributed by atoms with E-state index in [0.717, 1.165) is 30.0 Å². The van der Waals surface area contributed by atoms with Crippen molar-refractivity contribution in [1.29, 1.82) is 0 Å². The Morgan fingerprint density at radius 2 is 2.20 bits per heavy atom. The number of H-pyrrole nitrogens is 1. The molecular formula is C12H13ClN2. The fourth-order valence-electron chi connectivity index (χ4n) is 2.42. The number of nitrogens with one attached hydrogen (secondary N) is 2. The number of aromatic amines is 1. The molecule has 0 amide bonds. The summed E-state index contributed by atoms with van der Waals surface area (Å²) in [5.74, 6) is 0. The summed E-state index contributed by atoms with van der Waals surface area (Å²) in [6.45, 7) is 4.14. The molecule has 0 spiro atoms. The van der Waals surface area contributed by atoms with Gasteiger partial charge in [-0.05, 0) is 37.1 Å². The van der Waals surface area contributed by atoms with Crippen molar-refractivity contribution in [1.82, 2.24) is 10.3 Å². The smallest absolute Gasteiger partial charge is 0.0651 e. The normalized spacial score (nSPS) is 15.6. The number of aromatic nitrogens is 1. The molecule has 3 rings (SSSR count). The van der Waals surface area contributed by atoms with E-state index in [9.17, 15) is 0 Å². The Labute approximate surface area is 93.6 Å². The van der Waals surface area contributed by atoms with Crippen molar-refractivity contribution in [2.24, 2.45) is 0 Å². The third kappa shape index (κ3) is 1.29. The number of hydrogen-bond donors (Lipinski definition) is 2. The van der Waals surface area contributed by atoms with Crippen molar-refractivity contribution in [2.75, 3.05) is 6.54 Å². The Balaban J connectivity index is 2.41. The van der Waals surface area contributed by atoms with Gasteiger partial charge in [0.25, 0.3) is 0 Å². The quantitative estimate of drug-likeness (QED) is 0.702. The summed E-state index contributed by atoms with van der Waals surface area (Å²) in [7, 11) is 0. The van der Waals surface area contributed by atoms with Gasteiger partial charge >= 0.3 is 0 Å². The fraction of sp³-hybridized carbons (Fsp3) is 0.333. The first-order valence-electron chi connectivity index (χ1n) is 5.26. The van der Waals surface area contributed by atoms with E-state index in [-0.39, 0.29) is 0 Å². The van der Waals surface area contributed by atoms with Gasteiger partial charge in [-0.15, -0.1) is 0 Å². The van der Waals surface area contributed by atoms with Gasteiger partial charge < -0.3 is 10.3 Å². The molecule has 2 nitrogen and oxygen atoms in total. The van der Waals surface area contributed by atoms with E-state index >= 15 is 0 Å². The zero-order chi connectivity index (χ0) is 10.4. The lowest BCUT2D eigenvalue weighted by atomic mass is 10.0. The minimum absolute atomic E-state index is 0.824. The van der Waals surface area contributed by atoms with Crippen molar-refractivity contribution in [3.8, 4) is 0 Å². The molecule has 1 aromatic carbocycles. The summed E-state index contributed by atoms with van der Waals surface area (Å²) in [5.41, 5.74) is 5.16. The monoisotopic (exact) mass is 220 g/mol. The van der Waals surface area contributed by atoms with Crippen LogP contribution in [0.15, 0.2) is 12.1 Å². The van der Waals surface area contributed by atoms with Gasteiger partial charge in [0.1, 0.15) is 0 Å². The van der Waals surface area contributed by atoms with Crippen molar-refractivity contribution in [2.45, 2.75) is 19.9 Å². The molecule has 0 saturated carbocycles. The molecule has 0 saturated heterocycles. The number of aryl methyl sites for hydroxylation is 1. The number of benzene rings is 1. The Bertz CT molecular complexity index is 528. The summed E-state index contributed by atoms with van der Waals surface area (Å²) < 4.78 is 0. The summed E-state index contributed by atoms with van der Waals surface area (Å²) in [4.78, 5) is 3.43. The molecule has 0 atom stereocenters. The largest absolute Gasteiger partial charge is 0.356 e. The van der Waals surface area contributed by atoms with Crippen LogP contribution in [0.1, 0.15) is 16.8 Å². The molecule has 3 heteroatoms. The van der Waals surface area contributed by atoms with Crippen LogP contribution in [0.2, 0.25) is 5.02 Å². The molecule has 2 heterocycles. The van der Waals surface area contributed by atoms with Crippen molar-refractivity contribution in [3.63, 3.8) is 0 Å². The molecule has 1 aromatic heterocycles. The second kappa shape index (κ2) is 3.26. The molecule has 15 heavy (non-hydrogen) atoms. The van der Waals surface area contributed by atoms with Crippen LogP contribution in [0.25, 0.3) is 10.9 Å². The molecule has 0 aliphatic carbocycles. The van der Waals surface area contributed by atoms with Crippen LogP contribution in [-0.4, -0.2) is 11.5 Å². The van der Waals surface area contributed by atoms with Crippen LogP contribution in [0.5, 0.6) is 0 Å². The van der Waals surface area contributed by atoms with Gasteiger partial charge in [-0.25, -0.2) is 0 Å². The highest BCUT2D eigenvalue weighted by molar-refractivity contribution is 6.35. The van der Waals surface area contributed by atoms with E-state index in [1.54, 1.807) is 0 Å². The van der Waals surface area contributed by atoms with E-state index in [1.165, 1.54) is 22.2 Å². The lowest BCUT2D eigenvalue weighted by Crippen LogP contribution is -2.23. The van der Waals surface area contributed by atoms with E-state index in [0.29, 0.717) is 0 Å². The lowest BCUT2D eigenvalue weighted by Gasteiger charge is -2.12. The Kier molecular flexibility index (Phi) is 2.01. The standard InChI is InChI=1S/C12H13ClN2/c1-7-2-3-9(13)12-11(7)8-4-5-14-6-10(8)15-12/h2-3,14-15H,4-6H2,1H3. The molecule has 0 unspecified atom stereocenters. The number of halogens is 1. The molecule has 0 radical (unpaired) electrons. The summed E-state index contributed by atoms with van der Waals surface area (Å²) in [6, 6.07) is 4.06. The van der Waals surface area contributed by atoms with E-state index in [4.69, 9.17) is 11.6 Å². The number of hydrogen-bond acceptors (Lipinski definition) is 1. The predicted octanol–water partition coefficient (Wildman–Crippen LogP) is 2.78. The topological polar surface area (TPSA) is 27.8 Å². The third-order valence-electron chi connectivity index (χ3n) is 3.16. The molecule has 1 aliphatic heterocycles. The molecule has 0 bridgehead atoms. The van der Waals surface area contributed by atoms with Crippen LogP contribution in [0.4, 0.5) is 0 Å². The predicted molar refractivity (Wildman–Crippen MR) is 63.5 cm³/mol. The summed E-state index contributed by atoms with van der Waals surface area (Å²) in [6.07, 6.45) is 1.09. The summed E-state index contributed by atoms with van der Waals surface area (Å²) in [5, 5.41) is 5.52. The minimum atomic E-state index is 0.824. The highest BCUT2D eigenvalue weighted by Crippen LogP contribution is 2.32. The molecular weight excluding hydrogens is 208 g/mol. The molecule has 1 aliphatic rings. The average Bonchev–Trinajstić information content (AvgIpc) is 2.64. The van der Waals surface area contributed by atoms with Crippen LogP contribution in [0, 0.1) is 6.92 Å². The first-order chi connectivity index (χ1) is 7.27. The van der Waals surface area contributed by atoms with E-state index < -0.39 is 0 Å². The van der Waals surface area contributed by atoms with Gasteiger partial charge in [0.2, 0.25) is 0 Å². The zero-order valence-electron chi connectivity index (χ0n) is 8.65. The fourth-order valence-corrected chi connectivity index (χ4v) is 2.63. The molecule has 0 fully saturated rings.